The highest BCUT2D eigenvalue weighted by molar-refractivity contribution is 5.78. The van der Waals surface area contributed by atoms with E-state index in [1.807, 2.05) is 20.8 Å². The van der Waals surface area contributed by atoms with Crippen molar-refractivity contribution in [3.8, 4) is 11.5 Å². The lowest BCUT2D eigenvalue weighted by Gasteiger charge is -2.20. The number of carbonyl (C=O) groups excluding carboxylic acids is 1. The standard InChI is InChI=1S/C13H18N2O5/c1-13(2,3)14-12(16)8-20-11-6-5-9(19-4)7-10(11)15(17)18/h5-7H,8H2,1-4H3,(H,14,16). The normalized spacial score (nSPS) is 10.8. The first-order valence-electron chi connectivity index (χ1n) is 5.99. The topological polar surface area (TPSA) is 90.7 Å². The number of methoxy groups -OCH3 is 1. The zero-order valence-electron chi connectivity index (χ0n) is 11.9. The molecular formula is C13H18N2O5. The van der Waals surface area contributed by atoms with Gasteiger partial charge < -0.3 is 14.8 Å². The molecule has 0 heterocycles. The van der Waals surface area contributed by atoms with Crippen LogP contribution in [-0.4, -0.2) is 30.1 Å². The maximum Gasteiger partial charge on any atom is 0.314 e. The molecule has 0 bridgehead atoms. The number of nitro groups is 1. The van der Waals surface area contributed by atoms with Crippen LogP contribution in [0.4, 0.5) is 5.69 Å². The number of benzene rings is 1. The summed E-state index contributed by atoms with van der Waals surface area (Å²) in [4.78, 5) is 22.0. The van der Waals surface area contributed by atoms with Gasteiger partial charge in [-0.2, -0.15) is 0 Å². The molecule has 1 amide bonds. The lowest BCUT2D eigenvalue weighted by Crippen LogP contribution is -2.43. The Morgan fingerprint density at radius 1 is 1.40 bits per heavy atom. The van der Waals surface area contributed by atoms with E-state index in [0.717, 1.165) is 0 Å². The lowest BCUT2D eigenvalue weighted by atomic mass is 10.1. The van der Waals surface area contributed by atoms with E-state index in [-0.39, 0.29) is 29.5 Å². The number of ether oxygens (including phenoxy) is 2. The first-order chi connectivity index (χ1) is 9.23. The Kier molecular flexibility index (Phi) is 4.90. The zero-order chi connectivity index (χ0) is 15.3. The number of hydrogen-bond donors (Lipinski definition) is 1. The maximum absolute atomic E-state index is 11.6. The van der Waals surface area contributed by atoms with Crippen LogP contribution in [0.1, 0.15) is 20.8 Å². The van der Waals surface area contributed by atoms with Gasteiger partial charge in [-0.25, -0.2) is 0 Å². The van der Waals surface area contributed by atoms with Crippen molar-refractivity contribution in [2.45, 2.75) is 26.3 Å². The van der Waals surface area contributed by atoms with Gasteiger partial charge in [-0.1, -0.05) is 0 Å². The molecule has 0 aliphatic carbocycles. The van der Waals surface area contributed by atoms with E-state index in [0.29, 0.717) is 5.75 Å². The summed E-state index contributed by atoms with van der Waals surface area (Å²) in [6.45, 7) is 5.21. The van der Waals surface area contributed by atoms with Crippen LogP contribution in [0, 0.1) is 10.1 Å². The van der Waals surface area contributed by atoms with Crippen LogP contribution in [0.2, 0.25) is 0 Å². The van der Waals surface area contributed by atoms with Gasteiger partial charge >= 0.3 is 5.69 Å². The molecule has 110 valence electrons. The van der Waals surface area contributed by atoms with E-state index in [1.54, 1.807) is 0 Å². The Labute approximate surface area is 117 Å². The summed E-state index contributed by atoms with van der Waals surface area (Å²) >= 11 is 0. The van der Waals surface area contributed by atoms with Gasteiger partial charge in [0.2, 0.25) is 0 Å². The van der Waals surface area contributed by atoms with Gasteiger partial charge in [-0.3, -0.25) is 14.9 Å². The van der Waals surface area contributed by atoms with Crippen molar-refractivity contribution in [2.24, 2.45) is 0 Å². The molecule has 1 N–H and O–H groups in total. The second-order valence-electron chi connectivity index (χ2n) is 5.18. The average molecular weight is 282 g/mol. The van der Waals surface area contributed by atoms with E-state index in [2.05, 4.69) is 5.32 Å². The largest absolute Gasteiger partial charge is 0.496 e. The summed E-state index contributed by atoms with van der Waals surface area (Å²) in [6.07, 6.45) is 0. The van der Waals surface area contributed by atoms with Crippen LogP contribution in [-0.2, 0) is 4.79 Å². The third-order valence-electron chi connectivity index (χ3n) is 2.24. The molecule has 0 aliphatic rings. The molecular weight excluding hydrogens is 264 g/mol. The third-order valence-corrected chi connectivity index (χ3v) is 2.24. The van der Waals surface area contributed by atoms with E-state index < -0.39 is 4.92 Å². The van der Waals surface area contributed by atoms with Crippen LogP contribution in [0.3, 0.4) is 0 Å². The molecule has 7 heteroatoms. The fourth-order valence-corrected chi connectivity index (χ4v) is 1.49. The maximum atomic E-state index is 11.6. The molecule has 0 unspecified atom stereocenters. The molecule has 0 spiro atoms. The van der Waals surface area contributed by atoms with Gasteiger partial charge in [-0.05, 0) is 32.9 Å². The van der Waals surface area contributed by atoms with Crippen LogP contribution >= 0.6 is 0 Å². The fourth-order valence-electron chi connectivity index (χ4n) is 1.49. The van der Waals surface area contributed by atoms with Gasteiger partial charge in [0.05, 0.1) is 18.1 Å². The Hall–Kier alpha value is -2.31. The van der Waals surface area contributed by atoms with Crippen LogP contribution in [0.5, 0.6) is 11.5 Å². The number of hydrogen-bond acceptors (Lipinski definition) is 5. The van der Waals surface area contributed by atoms with Crippen LogP contribution in [0.15, 0.2) is 18.2 Å². The summed E-state index contributed by atoms with van der Waals surface area (Å²) in [5.41, 5.74) is -0.625. The van der Waals surface area contributed by atoms with Gasteiger partial charge in [0.25, 0.3) is 5.91 Å². The van der Waals surface area contributed by atoms with Gasteiger partial charge in [0.15, 0.2) is 12.4 Å². The van der Waals surface area contributed by atoms with Crippen molar-refractivity contribution < 1.29 is 19.2 Å². The molecule has 0 saturated carbocycles. The molecule has 0 saturated heterocycles. The second kappa shape index (κ2) is 6.23. The van der Waals surface area contributed by atoms with Crippen molar-refractivity contribution >= 4 is 11.6 Å². The predicted molar refractivity (Wildman–Crippen MR) is 73.0 cm³/mol. The molecule has 7 nitrogen and oxygen atoms in total. The number of nitrogens with one attached hydrogen (secondary N) is 1. The number of nitrogens with zero attached hydrogens (tertiary/aromatic N) is 1. The summed E-state index contributed by atoms with van der Waals surface area (Å²) in [5.74, 6) is 0.0330. The Morgan fingerprint density at radius 2 is 2.05 bits per heavy atom. The van der Waals surface area contributed by atoms with E-state index in [9.17, 15) is 14.9 Å². The quantitative estimate of drug-likeness (QED) is 0.658. The molecule has 0 aliphatic heterocycles. The zero-order valence-corrected chi connectivity index (χ0v) is 11.9. The van der Waals surface area contributed by atoms with Crippen LogP contribution in [0.25, 0.3) is 0 Å². The summed E-state index contributed by atoms with van der Waals surface area (Å²) in [7, 11) is 1.41. The highest BCUT2D eigenvalue weighted by Gasteiger charge is 2.19. The lowest BCUT2D eigenvalue weighted by molar-refractivity contribution is -0.385. The van der Waals surface area contributed by atoms with Gasteiger partial charge in [-0.15, -0.1) is 0 Å². The second-order valence-corrected chi connectivity index (χ2v) is 5.18. The molecule has 1 aromatic carbocycles. The highest BCUT2D eigenvalue weighted by Crippen LogP contribution is 2.30. The minimum Gasteiger partial charge on any atom is -0.496 e. The monoisotopic (exact) mass is 282 g/mol. The molecule has 0 radical (unpaired) electrons. The first kappa shape index (κ1) is 15.7. The molecule has 0 aromatic heterocycles. The summed E-state index contributed by atoms with van der Waals surface area (Å²) in [5, 5.41) is 13.6. The molecule has 1 aromatic rings. The smallest absolute Gasteiger partial charge is 0.314 e. The summed E-state index contributed by atoms with van der Waals surface area (Å²) < 4.78 is 10.1. The predicted octanol–water partition coefficient (Wildman–Crippen LogP) is 1.90. The average Bonchev–Trinajstić information content (AvgIpc) is 2.34. The first-order valence-corrected chi connectivity index (χ1v) is 5.99. The van der Waals surface area contributed by atoms with Gasteiger partial charge in [0.1, 0.15) is 5.75 Å². The van der Waals surface area contributed by atoms with Crippen molar-refractivity contribution in [3.63, 3.8) is 0 Å². The minimum atomic E-state index is -0.584. The SMILES string of the molecule is COc1ccc(OCC(=O)NC(C)(C)C)c([N+](=O)[O-])c1. The van der Waals surface area contributed by atoms with Crippen molar-refractivity contribution in [1.29, 1.82) is 0 Å². The van der Waals surface area contributed by atoms with Gasteiger partial charge in [0, 0.05) is 5.54 Å². The molecule has 20 heavy (non-hydrogen) atoms. The van der Waals surface area contributed by atoms with Crippen molar-refractivity contribution in [3.05, 3.63) is 28.3 Å². The Bertz CT molecular complexity index is 508. The molecule has 1 rings (SSSR count). The highest BCUT2D eigenvalue weighted by atomic mass is 16.6. The molecule has 0 fully saturated rings. The van der Waals surface area contributed by atoms with E-state index in [4.69, 9.17) is 9.47 Å². The number of rotatable bonds is 5. The van der Waals surface area contributed by atoms with Crippen molar-refractivity contribution in [1.82, 2.24) is 5.32 Å². The Morgan fingerprint density at radius 3 is 2.55 bits per heavy atom. The number of nitro benzene ring substituents is 1. The fraction of sp³-hybridized carbons (Fsp3) is 0.462. The third kappa shape index (κ3) is 4.75. The van der Waals surface area contributed by atoms with Crippen LogP contribution < -0.4 is 14.8 Å². The summed E-state index contributed by atoms with van der Waals surface area (Å²) in [6, 6.07) is 4.18. The van der Waals surface area contributed by atoms with E-state index >= 15 is 0 Å². The number of amides is 1. The number of carbonyl (C=O) groups is 1. The molecule has 0 atom stereocenters. The van der Waals surface area contributed by atoms with E-state index in [1.165, 1.54) is 25.3 Å². The Balaban J connectivity index is 2.77. The minimum absolute atomic E-state index is 0.0276. The van der Waals surface area contributed by atoms with Crippen molar-refractivity contribution in [2.75, 3.05) is 13.7 Å².